The van der Waals surface area contributed by atoms with Gasteiger partial charge in [-0.3, -0.25) is 9.59 Å². The van der Waals surface area contributed by atoms with Gasteiger partial charge in [-0.25, -0.2) is 0 Å². The molecule has 0 rings (SSSR count). The normalized spacial score (nSPS) is 11.9. The first-order valence-corrected chi connectivity index (χ1v) is 7.27. The summed E-state index contributed by atoms with van der Waals surface area (Å²) < 4.78 is 0. The fraction of sp³-hybridized carbons (Fsp3) is 0.778. The lowest BCUT2D eigenvalue weighted by atomic mass is 10.4. The van der Waals surface area contributed by atoms with Gasteiger partial charge in [-0.05, 0) is 6.92 Å². The van der Waals surface area contributed by atoms with Gasteiger partial charge in [0.1, 0.15) is 0 Å². The Labute approximate surface area is 98.7 Å². The molecule has 0 saturated carbocycles. The molecule has 1 unspecified atom stereocenters. The number of hydrogen-bond donors (Lipinski definition) is 2. The zero-order valence-electron chi connectivity index (χ0n) is 9.33. The number of nitrogens with one attached hydrogen (secondary N) is 2. The van der Waals surface area contributed by atoms with Crippen molar-refractivity contribution in [1.29, 1.82) is 0 Å². The predicted molar refractivity (Wildman–Crippen MR) is 66.9 cm³/mol. The van der Waals surface area contributed by atoms with Crippen molar-refractivity contribution in [2.45, 2.75) is 26.8 Å². The summed E-state index contributed by atoms with van der Waals surface area (Å²) in [6, 6.07) is 0.195. The van der Waals surface area contributed by atoms with E-state index in [1.807, 2.05) is 6.92 Å². The van der Waals surface area contributed by atoms with E-state index >= 15 is 0 Å². The molecule has 0 spiro atoms. The Hall–Kier alpha value is -0.360. The van der Waals surface area contributed by atoms with Crippen LogP contribution in [-0.2, 0) is 9.59 Å². The van der Waals surface area contributed by atoms with E-state index < -0.39 is 0 Å². The van der Waals surface area contributed by atoms with Crippen LogP contribution in [0, 0.1) is 0 Å². The van der Waals surface area contributed by atoms with E-state index in [4.69, 9.17) is 0 Å². The van der Waals surface area contributed by atoms with E-state index in [1.165, 1.54) is 13.8 Å². The van der Waals surface area contributed by atoms with E-state index in [0.29, 0.717) is 6.54 Å². The molecule has 4 nitrogen and oxygen atoms in total. The summed E-state index contributed by atoms with van der Waals surface area (Å²) in [6.45, 7) is 5.70. The Morgan fingerprint density at radius 3 is 2.40 bits per heavy atom. The number of amides is 2. The maximum absolute atomic E-state index is 10.7. The Kier molecular flexibility index (Phi) is 8.70. The Morgan fingerprint density at radius 1 is 1.20 bits per heavy atom. The van der Waals surface area contributed by atoms with Crippen LogP contribution in [0.4, 0.5) is 0 Å². The van der Waals surface area contributed by atoms with Gasteiger partial charge < -0.3 is 10.6 Å². The van der Waals surface area contributed by atoms with Crippen molar-refractivity contribution in [3.63, 3.8) is 0 Å². The SMILES string of the molecule is CC(=O)NCCSSCC(C)NC(C)=O. The topological polar surface area (TPSA) is 58.2 Å². The smallest absolute Gasteiger partial charge is 0.217 e. The summed E-state index contributed by atoms with van der Waals surface area (Å²) >= 11 is 0. The van der Waals surface area contributed by atoms with Crippen LogP contribution in [0.15, 0.2) is 0 Å². The molecule has 2 N–H and O–H groups in total. The quantitative estimate of drug-likeness (QED) is 0.523. The molecule has 6 heteroatoms. The largest absolute Gasteiger partial charge is 0.355 e. The summed E-state index contributed by atoms with van der Waals surface area (Å²) in [5.41, 5.74) is 0. The van der Waals surface area contributed by atoms with Crippen molar-refractivity contribution in [3.8, 4) is 0 Å². The summed E-state index contributed by atoms with van der Waals surface area (Å²) in [5.74, 6) is 1.78. The van der Waals surface area contributed by atoms with E-state index in [0.717, 1.165) is 11.5 Å². The van der Waals surface area contributed by atoms with Gasteiger partial charge in [0, 0.05) is 37.9 Å². The highest BCUT2D eigenvalue weighted by atomic mass is 33.1. The van der Waals surface area contributed by atoms with Crippen LogP contribution in [0.2, 0.25) is 0 Å². The fourth-order valence-electron chi connectivity index (χ4n) is 0.866. The molecule has 0 fully saturated rings. The third kappa shape index (κ3) is 11.6. The minimum Gasteiger partial charge on any atom is -0.355 e. The van der Waals surface area contributed by atoms with Crippen LogP contribution in [0.5, 0.6) is 0 Å². The minimum atomic E-state index is 0.00588. The highest BCUT2D eigenvalue weighted by Crippen LogP contribution is 2.20. The zero-order chi connectivity index (χ0) is 11.7. The predicted octanol–water partition coefficient (Wildman–Crippen LogP) is 1.03. The Bertz CT molecular complexity index is 212. The van der Waals surface area contributed by atoms with Gasteiger partial charge in [-0.2, -0.15) is 0 Å². The first-order chi connectivity index (χ1) is 7.02. The van der Waals surface area contributed by atoms with Crippen molar-refractivity contribution in [3.05, 3.63) is 0 Å². The summed E-state index contributed by atoms with van der Waals surface area (Å²) in [5, 5.41) is 5.53. The van der Waals surface area contributed by atoms with Gasteiger partial charge in [0.05, 0.1) is 0 Å². The standard InChI is InChI=1S/C9H18N2O2S2/c1-7(11-9(3)13)6-15-14-5-4-10-8(2)12/h7H,4-6H2,1-3H3,(H,10,12)(H,11,13). The third-order valence-corrected chi connectivity index (χ3v) is 3.99. The average Bonchev–Trinajstić information content (AvgIpc) is 2.09. The molecule has 0 aromatic rings. The summed E-state index contributed by atoms with van der Waals surface area (Å²) in [4.78, 5) is 21.2. The van der Waals surface area contributed by atoms with Crippen molar-refractivity contribution in [2.75, 3.05) is 18.1 Å². The van der Waals surface area contributed by atoms with Crippen LogP contribution in [0.3, 0.4) is 0 Å². The molecule has 0 radical (unpaired) electrons. The van der Waals surface area contributed by atoms with Crippen molar-refractivity contribution in [2.24, 2.45) is 0 Å². The van der Waals surface area contributed by atoms with Gasteiger partial charge in [-0.1, -0.05) is 21.6 Å². The van der Waals surface area contributed by atoms with E-state index in [2.05, 4.69) is 10.6 Å². The molecular formula is C9H18N2O2S2. The van der Waals surface area contributed by atoms with Gasteiger partial charge in [0.2, 0.25) is 11.8 Å². The summed E-state index contributed by atoms with van der Waals surface area (Å²) in [7, 11) is 3.41. The first-order valence-electron chi connectivity index (χ1n) is 4.78. The molecule has 0 saturated heterocycles. The molecule has 0 aromatic carbocycles. The molecule has 1 atom stereocenters. The lowest BCUT2D eigenvalue weighted by Crippen LogP contribution is -2.32. The molecule has 2 amide bonds. The molecule has 0 aliphatic carbocycles. The van der Waals surface area contributed by atoms with Crippen LogP contribution in [0.1, 0.15) is 20.8 Å². The lowest BCUT2D eigenvalue weighted by molar-refractivity contribution is -0.120. The molecule has 15 heavy (non-hydrogen) atoms. The second-order valence-electron chi connectivity index (χ2n) is 3.19. The van der Waals surface area contributed by atoms with Crippen LogP contribution >= 0.6 is 21.6 Å². The molecule has 0 aromatic heterocycles. The molecule has 88 valence electrons. The van der Waals surface area contributed by atoms with E-state index in [9.17, 15) is 9.59 Å². The summed E-state index contributed by atoms with van der Waals surface area (Å²) in [6.07, 6.45) is 0. The number of rotatable bonds is 7. The second-order valence-corrected chi connectivity index (χ2v) is 5.82. The molecule has 0 bridgehead atoms. The Morgan fingerprint density at radius 2 is 1.87 bits per heavy atom. The van der Waals surface area contributed by atoms with Crippen molar-refractivity contribution in [1.82, 2.24) is 10.6 Å². The molecule has 0 aliphatic rings. The molecule has 0 heterocycles. The number of carbonyl (C=O) groups is 2. The monoisotopic (exact) mass is 250 g/mol. The van der Waals surface area contributed by atoms with Crippen LogP contribution in [0.25, 0.3) is 0 Å². The van der Waals surface area contributed by atoms with Gasteiger partial charge in [0.25, 0.3) is 0 Å². The Balaban J connectivity index is 3.23. The lowest BCUT2D eigenvalue weighted by Gasteiger charge is -2.11. The minimum absolute atomic E-state index is 0.00588. The van der Waals surface area contributed by atoms with Crippen molar-refractivity contribution >= 4 is 33.4 Å². The highest BCUT2D eigenvalue weighted by Gasteiger charge is 2.02. The highest BCUT2D eigenvalue weighted by molar-refractivity contribution is 8.76. The van der Waals surface area contributed by atoms with E-state index in [-0.39, 0.29) is 17.9 Å². The van der Waals surface area contributed by atoms with E-state index in [1.54, 1.807) is 21.6 Å². The van der Waals surface area contributed by atoms with Gasteiger partial charge in [0.15, 0.2) is 0 Å². The van der Waals surface area contributed by atoms with Crippen LogP contribution < -0.4 is 10.6 Å². The first kappa shape index (κ1) is 14.6. The fourth-order valence-corrected chi connectivity index (χ4v) is 3.06. The van der Waals surface area contributed by atoms with Crippen molar-refractivity contribution < 1.29 is 9.59 Å². The van der Waals surface area contributed by atoms with Crippen LogP contribution in [-0.4, -0.2) is 35.9 Å². The maximum Gasteiger partial charge on any atom is 0.217 e. The van der Waals surface area contributed by atoms with Gasteiger partial charge in [-0.15, -0.1) is 0 Å². The molecular weight excluding hydrogens is 232 g/mol. The molecule has 0 aliphatic heterocycles. The number of hydrogen-bond acceptors (Lipinski definition) is 4. The second kappa shape index (κ2) is 8.91. The number of carbonyl (C=O) groups excluding carboxylic acids is 2. The average molecular weight is 250 g/mol. The maximum atomic E-state index is 10.7. The zero-order valence-corrected chi connectivity index (χ0v) is 11.0. The van der Waals surface area contributed by atoms with Gasteiger partial charge >= 0.3 is 0 Å². The third-order valence-electron chi connectivity index (χ3n) is 1.41.